The van der Waals surface area contributed by atoms with Gasteiger partial charge < -0.3 is 4.90 Å². The molecule has 1 unspecified atom stereocenters. The van der Waals surface area contributed by atoms with Crippen molar-refractivity contribution >= 4 is 27.3 Å². The summed E-state index contributed by atoms with van der Waals surface area (Å²) in [6.45, 7) is 3.83. The minimum atomic E-state index is 0.0751. The first kappa shape index (κ1) is 18.0. The van der Waals surface area contributed by atoms with E-state index in [4.69, 9.17) is 0 Å². The van der Waals surface area contributed by atoms with Crippen LogP contribution in [0.1, 0.15) is 30.1 Å². The van der Waals surface area contributed by atoms with Gasteiger partial charge in [-0.2, -0.15) is 0 Å². The van der Waals surface area contributed by atoms with Gasteiger partial charge in [0.2, 0.25) is 0 Å². The second kappa shape index (κ2) is 7.40. The van der Waals surface area contributed by atoms with Crippen LogP contribution in [0.2, 0.25) is 0 Å². The molecular formula is C22H21N5OS. The zero-order valence-corrected chi connectivity index (χ0v) is 17.0. The lowest BCUT2D eigenvalue weighted by molar-refractivity contribution is 0.0683. The molecule has 7 heteroatoms. The Hall–Kier alpha value is -3.06. The number of carbonyl (C=O) groups is 1. The average Bonchev–Trinajstić information content (AvgIpc) is 3.44. The van der Waals surface area contributed by atoms with Crippen molar-refractivity contribution in [3.05, 3.63) is 59.7 Å². The van der Waals surface area contributed by atoms with E-state index in [1.54, 1.807) is 22.3 Å². The normalized spacial score (nSPS) is 17.0. The molecule has 1 aliphatic heterocycles. The van der Waals surface area contributed by atoms with Crippen LogP contribution >= 0.6 is 11.3 Å². The van der Waals surface area contributed by atoms with Gasteiger partial charge in [-0.15, -0.1) is 16.4 Å². The third kappa shape index (κ3) is 3.42. The summed E-state index contributed by atoms with van der Waals surface area (Å²) in [6.07, 6.45) is 3.79. The molecule has 1 saturated heterocycles. The second-order valence-corrected chi connectivity index (χ2v) is 8.58. The number of likely N-dealkylation sites (tertiary alicyclic amines) is 1. The number of aromatic nitrogens is 4. The molecule has 1 atom stereocenters. The summed E-state index contributed by atoms with van der Waals surface area (Å²) in [7, 11) is 0. The Morgan fingerprint density at radius 3 is 2.97 bits per heavy atom. The third-order valence-corrected chi connectivity index (χ3v) is 6.48. The van der Waals surface area contributed by atoms with Crippen LogP contribution in [-0.2, 0) is 0 Å². The quantitative estimate of drug-likeness (QED) is 0.508. The number of hydrogen-bond donors (Lipinski definition) is 0. The van der Waals surface area contributed by atoms with Crippen molar-refractivity contribution in [3.63, 3.8) is 0 Å². The smallest absolute Gasteiger partial charge is 0.253 e. The topological polar surface area (TPSA) is 63.9 Å². The van der Waals surface area contributed by atoms with Crippen molar-refractivity contribution in [2.24, 2.45) is 5.92 Å². The molecule has 5 rings (SSSR count). The first-order valence-electron chi connectivity index (χ1n) is 9.83. The number of tetrazole rings is 1. The number of fused-ring (bicyclic) bond motifs is 1. The summed E-state index contributed by atoms with van der Waals surface area (Å²) in [6, 6.07) is 14.3. The molecule has 1 amide bonds. The summed E-state index contributed by atoms with van der Waals surface area (Å²) < 4.78 is 2.82. The van der Waals surface area contributed by atoms with E-state index in [2.05, 4.69) is 52.1 Å². The van der Waals surface area contributed by atoms with Crippen LogP contribution in [0, 0.1) is 5.92 Å². The standard InChI is InChI=1S/C22H21N5OS/c1-15-4-3-8-26(13-15)22(28)18-10-17(11-19(12-18)27-14-23-24-25-27)20-6-2-5-16-7-9-29-21(16)20/h2,5-7,9-12,14-15H,3-4,8,13H2,1H3. The molecule has 0 saturated carbocycles. The highest BCUT2D eigenvalue weighted by Gasteiger charge is 2.23. The molecule has 0 bridgehead atoms. The lowest BCUT2D eigenvalue weighted by Crippen LogP contribution is -2.39. The zero-order valence-electron chi connectivity index (χ0n) is 16.2. The highest BCUT2D eigenvalue weighted by atomic mass is 32.1. The number of hydrogen-bond acceptors (Lipinski definition) is 5. The molecule has 1 aliphatic rings. The van der Waals surface area contributed by atoms with Gasteiger partial charge in [0.05, 0.1) is 5.69 Å². The van der Waals surface area contributed by atoms with E-state index in [1.807, 2.05) is 23.1 Å². The van der Waals surface area contributed by atoms with E-state index in [1.165, 1.54) is 16.5 Å². The van der Waals surface area contributed by atoms with E-state index in [0.717, 1.165) is 36.3 Å². The van der Waals surface area contributed by atoms with Gasteiger partial charge in [-0.25, -0.2) is 4.68 Å². The molecule has 0 radical (unpaired) electrons. The fourth-order valence-corrected chi connectivity index (χ4v) is 5.01. The minimum absolute atomic E-state index is 0.0751. The van der Waals surface area contributed by atoms with Crippen LogP contribution in [-0.4, -0.2) is 44.1 Å². The molecule has 2 aromatic heterocycles. The van der Waals surface area contributed by atoms with Crippen LogP contribution in [0.3, 0.4) is 0 Å². The molecule has 4 aromatic rings. The summed E-state index contributed by atoms with van der Waals surface area (Å²) >= 11 is 1.71. The molecule has 0 spiro atoms. The number of thiophene rings is 1. The maximum absolute atomic E-state index is 13.3. The first-order valence-corrected chi connectivity index (χ1v) is 10.7. The molecule has 6 nitrogen and oxygen atoms in total. The lowest BCUT2D eigenvalue weighted by atomic mass is 9.97. The van der Waals surface area contributed by atoms with Crippen molar-refractivity contribution in [1.82, 2.24) is 25.1 Å². The van der Waals surface area contributed by atoms with Crippen LogP contribution in [0.15, 0.2) is 54.2 Å². The Morgan fingerprint density at radius 2 is 2.14 bits per heavy atom. The Morgan fingerprint density at radius 1 is 1.21 bits per heavy atom. The van der Waals surface area contributed by atoms with Crippen molar-refractivity contribution in [2.45, 2.75) is 19.8 Å². The predicted molar refractivity (Wildman–Crippen MR) is 114 cm³/mol. The van der Waals surface area contributed by atoms with Gasteiger partial charge in [0.1, 0.15) is 6.33 Å². The van der Waals surface area contributed by atoms with Gasteiger partial charge in [0.25, 0.3) is 5.91 Å². The number of benzene rings is 2. The number of nitrogens with zero attached hydrogens (tertiary/aromatic N) is 5. The Kier molecular flexibility index (Phi) is 4.60. The molecule has 1 fully saturated rings. The van der Waals surface area contributed by atoms with E-state index in [9.17, 15) is 4.79 Å². The Labute approximate surface area is 172 Å². The van der Waals surface area contributed by atoms with Crippen LogP contribution in [0.4, 0.5) is 0 Å². The van der Waals surface area contributed by atoms with E-state index in [-0.39, 0.29) is 5.91 Å². The fraction of sp³-hybridized carbons (Fsp3) is 0.273. The Balaban J connectivity index is 1.63. The number of carbonyl (C=O) groups excluding carboxylic acids is 1. The molecule has 29 heavy (non-hydrogen) atoms. The summed E-state index contributed by atoms with van der Waals surface area (Å²) in [5, 5.41) is 14.8. The van der Waals surface area contributed by atoms with Gasteiger partial charge in [0, 0.05) is 23.4 Å². The van der Waals surface area contributed by atoms with E-state index < -0.39 is 0 Å². The molecule has 2 aromatic carbocycles. The summed E-state index contributed by atoms with van der Waals surface area (Å²) in [5.74, 6) is 0.612. The highest BCUT2D eigenvalue weighted by Crippen LogP contribution is 2.34. The minimum Gasteiger partial charge on any atom is -0.338 e. The van der Waals surface area contributed by atoms with Crippen molar-refractivity contribution in [3.8, 4) is 16.8 Å². The van der Waals surface area contributed by atoms with Crippen molar-refractivity contribution in [2.75, 3.05) is 13.1 Å². The molecule has 146 valence electrons. The maximum atomic E-state index is 13.3. The van der Waals surface area contributed by atoms with Gasteiger partial charge in [-0.05, 0) is 75.3 Å². The SMILES string of the molecule is CC1CCCN(C(=O)c2cc(-c3cccc4ccsc34)cc(-n3cnnn3)c2)C1. The molecular weight excluding hydrogens is 382 g/mol. The largest absolute Gasteiger partial charge is 0.338 e. The van der Waals surface area contributed by atoms with Gasteiger partial charge >= 0.3 is 0 Å². The van der Waals surface area contributed by atoms with Gasteiger partial charge in [0.15, 0.2) is 0 Å². The average molecular weight is 404 g/mol. The maximum Gasteiger partial charge on any atom is 0.253 e. The second-order valence-electron chi connectivity index (χ2n) is 7.67. The molecule has 0 aliphatic carbocycles. The fourth-order valence-electron chi connectivity index (χ4n) is 4.08. The van der Waals surface area contributed by atoms with Crippen molar-refractivity contribution < 1.29 is 4.79 Å². The van der Waals surface area contributed by atoms with Crippen LogP contribution in [0.25, 0.3) is 26.9 Å². The van der Waals surface area contributed by atoms with Crippen LogP contribution < -0.4 is 0 Å². The van der Waals surface area contributed by atoms with Gasteiger partial charge in [-0.1, -0.05) is 25.1 Å². The lowest BCUT2D eigenvalue weighted by Gasteiger charge is -2.31. The van der Waals surface area contributed by atoms with Gasteiger partial charge in [-0.3, -0.25) is 4.79 Å². The summed E-state index contributed by atoms with van der Waals surface area (Å²) in [5.41, 5.74) is 3.58. The molecule has 0 N–H and O–H groups in total. The number of amides is 1. The zero-order chi connectivity index (χ0) is 19.8. The predicted octanol–water partition coefficient (Wildman–Crippen LogP) is 4.42. The monoisotopic (exact) mass is 403 g/mol. The summed E-state index contributed by atoms with van der Waals surface area (Å²) in [4.78, 5) is 15.3. The third-order valence-electron chi connectivity index (χ3n) is 5.51. The van der Waals surface area contributed by atoms with Crippen LogP contribution in [0.5, 0.6) is 0 Å². The molecule has 3 heterocycles. The number of piperidine rings is 1. The van der Waals surface area contributed by atoms with Crippen molar-refractivity contribution in [1.29, 1.82) is 0 Å². The Bertz CT molecular complexity index is 1170. The first-order chi connectivity index (χ1) is 14.2. The van der Waals surface area contributed by atoms with E-state index >= 15 is 0 Å². The highest BCUT2D eigenvalue weighted by molar-refractivity contribution is 7.17. The van der Waals surface area contributed by atoms with E-state index in [0.29, 0.717) is 11.5 Å². The number of rotatable bonds is 3.